The number of imidazole rings is 1. The minimum absolute atomic E-state index is 0.00356. The highest BCUT2D eigenvalue weighted by atomic mass is 32.3. The average Bonchev–Trinajstić information content (AvgIpc) is 3.00. The third kappa shape index (κ3) is 2.97. The number of nitrogens with one attached hydrogen (secondary N) is 1. The van der Waals surface area contributed by atoms with Crippen LogP contribution >= 0.6 is 0 Å². The van der Waals surface area contributed by atoms with Gasteiger partial charge in [-0.25, -0.2) is 9.17 Å². The molecule has 1 aliphatic heterocycles. The van der Waals surface area contributed by atoms with E-state index in [1.165, 1.54) is 4.57 Å². The number of hydrogen-bond acceptors (Lipinski definition) is 10. The predicted octanol–water partition coefficient (Wildman–Crippen LogP) is -2.86. The Hall–Kier alpha value is -2.10. The number of aromatic nitrogens is 4. The van der Waals surface area contributed by atoms with Crippen molar-refractivity contribution in [1.29, 1.82) is 0 Å². The maximum Gasteiger partial charge on any atom is 0.397 e. The minimum Gasteiger partial charge on any atom is -0.387 e. The van der Waals surface area contributed by atoms with Crippen molar-refractivity contribution >= 4 is 27.5 Å². The van der Waals surface area contributed by atoms with Crippen LogP contribution in [0.5, 0.6) is 0 Å². The first kappa shape index (κ1) is 16.7. The fraction of sp³-hybridized carbons (Fsp3) is 0.500. The zero-order valence-corrected chi connectivity index (χ0v) is 12.6. The molecule has 2 aromatic heterocycles. The van der Waals surface area contributed by atoms with Gasteiger partial charge < -0.3 is 20.7 Å². The topological polar surface area (TPSA) is 203 Å². The second kappa shape index (κ2) is 5.76. The highest BCUT2D eigenvalue weighted by Crippen LogP contribution is 2.31. The Morgan fingerprint density at radius 3 is 2.79 bits per heavy atom. The number of aliphatic hydroxyl groups is 2. The number of nitrogen functional groups attached to an aromatic ring is 1. The van der Waals surface area contributed by atoms with E-state index in [9.17, 15) is 23.4 Å². The van der Waals surface area contributed by atoms with Gasteiger partial charge in [-0.15, -0.1) is 0 Å². The molecule has 1 fully saturated rings. The number of hydrogen-bond donors (Lipinski definition) is 5. The number of aliphatic hydroxyl groups excluding tert-OH is 2. The molecule has 0 aliphatic carbocycles. The van der Waals surface area contributed by atoms with Crippen molar-refractivity contribution in [3.05, 3.63) is 16.7 Å². The van der Waals surface area contributed by atoms with Crippen molar-refractivity contribution in [3.63, 3.8) is 0 Å². The van der Waals surface area contributed by atoms with Crippen LogP contribution in [0.15, 0.2) is 11.1 Å². The van der Waals surface area contributed by atoms with E-state index in [4.69, 9.17) is 15.0 Å². The summed E-state index contributed by atoms with van der Waals surface area (Å²) in [7, 11) is -4.74. The Morgan fingerprint density at radius 1 is 1.42 bits per heavy atom. The summed E-state index contributed by atoms with van der Waals surface area (Å²) in [6, 6.07) is 0. The lowest BCUT2D eigenvalue weighted by Gasteiger charge is -2.16. The number of rotatable bonds is 4. The standard InChI is InChI=1S/C10H13N5O8S/c11-10-13-7-4(8(18)14-10)12-2-15(7)9-6(17)5(16)3(23-9)1-22-24(19,20)21/h2-3,5-6,9,16-17H,1H2,(H,19,20,21)(H3,11,13,14,18)/t3-,5+,6+,9-/m1/s1. The van der Waals surface area contributed by atoms with Gasteiger partial charge in [-0.3, -0.25) is 18.9 Å². The molecule has 3 rings (SSSR count). The Kier molecular flexibility index (Phi) is 4.02. The Morgan fingerprint density at radius 2 is 2.12 bits per heavy atom. The Bertz CT molecular complexity index is 923. The molecule has 0 unspecified atom stereocenters. The van der Waals surface area contributed by atoms with E-state index >= 15 is 0 Å². The van der Waals surface area contributed by atoms with E-state index in [1.54, 1.807) is 0 Å². The molecule has 0 amide bonds. The maximum absolute atomic E-state index is 11.7. The van der Waals surface area contributed by atoms with Gasteiger partial charge in [0.15, 0.2) is 17.4 Å². The molecular weight excluding hydrogens is 350 g/mol. The molecule has 3 heterocycles. The van der Waals surface area contributed by atoms with Gasteiger partial charge in [0.2, 0.25) is 5.95 Å². The number of aromatic amines is 1. The maximum atomic E-state index is 11.7. The Labute approximate surface area is 133 Å². The van der Waals surface area contributed by atoms with Crippen molar-refractivity contribution < 1.29 is 32.1 Å². The summed E-state index contributed by atoms with van der Waals surface area (Å²) in [6.45, 7) is -0.726. The molecule has 0 aromatic carbocycles. The molecule has 132 valence electrons. The molecule has 13 nitrogen and oxygen atoms in total. The van der Waals surface area contributed by atoms with Crippen LogP contribution in [0.4, 0.5) is 5.95 Å². The van der Waals surface area contributed by atoms with Crippen molar-refractivity contribution in [1.82, 2.24) is 19.5 Å². The van der Waals surface area contributed by atoms with Crippen LogP contribution in [-0.2, 0) is 19.3 Å². The molecule has 1 aliphatic rings. The summed E-state index contributed by atoms with van der Waals surface area (Å²) in [6.07, 6.45) is -4.36. The number of ether oxygens (including phenoxy) is 1. The van der Waals surface area contributed by atoms with Crippen molar-refractivity contribution in [3.8, 4) is 0 Å². The molecule has 0 saturated carbocycles. The van der Waals surface area contributed by atoms with E-state index in [2.05, 4.69) is 19.1 Å². The largest absolute Gasteiger partial charge is 0.397 e. The highest BCUT2D eigenvalue weighted by molar-refractivity contribution is 7.80. The fourth-order valence-electron chi connectivity index (χ4n) is 2.38. The summed E-state index contributed by atoms with van der Waals surface area (Å²) in [5, 5.41) is 20.0. The van der Waals surface area contributed by atoms with Gasteiger partial charge in [-0.1, -0.05) is 0 Å². The number of H-pyrrole nitrogens is 1. The van der Waals surface area contributed by atoms with Gasteiger partial charge in [-0.2, -0.15) is 13.4 Å². The molecular formula is C10H13N5O8S. The summed E-state index contributed by atoms with van der Waals surface area (Å²) in [5.74, 6) is -0.187. The lowest BCUT2D eigenvalue weighted by molar-refractivity contribution is -0.0477. The number of anilines is 1. The predicted molar refractivity (Wildman–Crippen MR) is 76.0 cm³/mol. The fourth-order valence-corrected chi connectivity index (χ4v) is 2.69. The zero-order chi connectivity index (χ0) is 17.6. The molecule has 2 aromatic rings. The van der Waals surface area contributed by atoms with Crippen LogP contribution in [0.25, 0.3) is 11.2 Å². The van der Waals surface area contributed by atoms with E-state index in [0.29, 0.717) is 0 Å². The molecule has 14 heteroatoms. The van der Waals surface area contributed by atoms with Crippen molar-refractivity contribution in [2.45, 2.75) is 24.5 Å². The molecule has 24 heavy (non-hydrogen) atoms. The normalized spacial score (nSPS) is 27.8. The summed E-state index contributed by atoms with van der Waals surface area (Å²) in [5.41, 5.74) is 4.80. The minimum atomic E-state index is -4.74. The number of nitrogens with two attached hydrogens (primary N) is 1. The van der Waals surface area contributed by atoms with E-state index in [1.807, 2.05) is 0 Å². The second-order valence-corrected chi connectivity index (χ2v) is 6.12. The Balaban J connectivity index is 1.91. The van der Waals surface area contributed by atoms with Crippen LogP contribution in [0, 0.1) is 0 Å². The average molecular weight is 363 g/mol. The first-order chi connectivity index (χ1) is 11.2. The van der Waals surface area contributed by atoms with Gasteiger partial charge in [0, 0.05) is 0 Å². The van der Waals surface area contributed by atoms with Gasteiger partial charge in [0.25, 0.3) is 5.56 Å². The second-order valence-electron chi connectivity index (χ2n) is 5.03. The molecule has 6 N–H and O–H groups in total. The quantitative estimate of drug-likeness (QED) is 0.349. The van der Waals surface area contributed by atoms with Gasteiger partial charge in [-0.05, 0) is 0 Å². The van der Waals surface area contributed by atoms with Crippen molar-refractivity contribution in [2.24, 2.45) is 0 Å². The van der Waals surface area contributed by atoms with Crippen LogP contribution < -0.4 is 11.3 Å². The number of nitrogens with zero attached hydrogens (tertiary/aromatic N) is 3. The third-order valence-electron chi connectivity index (χ3n) is 3.44. The van der Waals surface area contributed by atoms with Crippen LogP contribution in [0.1, 0.15) is 6.23 Å². The molecule has 1 saturated heterocycles. The van der Waals surface area contributed by atoms with E-state index < -0.39 is 47.1 Å². The highest BCUT2D eigenvalue weighted by Gasteiger charge is 2.45. The van der Waals surface area contributed by atoms with Crippen LogP contribution in [0.2, 0.25) is 0 Å². The SMILES string of the molecule is Nc1nc2c(ncn2[C@@H]2O[C@H](COS(=O)(=O)O)[C@H](O)[C@@H]2O)c(=O)[nH]1. The molecule has 0 bridgehead atoms. The molecule has 0 spiro atoms. The van der Waals surface area contributed by atoms with Gasteiger partial charge >= 0.3 is 10.4 Å². The lowest BCUT2D eigenvalue weighted by atomic mass is 10.1. The van der Waals surface area contributed by atoms with Gasteiger partial charge in [0.05, 0.1) is 12.9 Å². The van der Waals surface area contributed by atoms with Crippen LogP contribution in [-0.4, -0.2) is 67.6 Å². The molecule has 0 radical (unpaired) electrons. The van der Waals surface area contributed by atoms with Gasteiger partial charge in [0.1, 0.15) is 18.3 Å². The summed E-state index contributed by atoms with van der Waals surface area (Å²) >= 11 is 0. The molecule has 4 atom stereocenters. The summed E-state index contributed by atoms with van der Waals surface area (Å²) in [4.78, 5) is 21.7. The van der Waals surface area contributed by atoms with E-state index in [0.717, 1.165) is 6.33 Å². The first-order valence-electron chi connectivity index (χ1n) is 6.53. The zero-order valence-electron chi connectivity index (χ0n) is 11.8. The summed E-state index contributed by atoms with van der Waals surface area (Å²) < 4.78 is 40.4. The number of fused-ring (bicyclic) bond motifs is 1. The lowest BCUT2D eigenvalue weighted by Crippen LogP contribution is -2.34. The first-order valence-corrected chi connectivity index (χ1v) is 7.89. The van der Waals surface area contributed by atoms with Crippen molar-refractivity contribution in [2.75, 3.05) is 12.3 Å². The third-order valence-corrected chi connectivity index (χ3v) is 3.88. The monoisotopic (exact) mass is 363 g/mol. The van der Waals surface area contributed by atoms with E-state index in [-0.39, 0.29) is 17.1 Å². The van der Waals surface area contributed by atoms with Crippen LogP contribution in [0.3, 0.4) is 0 Å². The smallest absolute Gasteiger partial charge is 0.387 e.